The van der Waals surface area contributed by atoms with Gasteiger partial charge in [-0.1, -0.05) is 382 Å². The first kappa shape index (κ1) is 79.1. The van der Waals surface area contributed by atoms with Crippen LogP contribution in [0.4, 0.5) is 0 Å². The van der Waals surface area contributed by atoms with Crippen LogP contribution in [0.1, 0.15) is 22.9 Å². The standard InChI is InChI=1S/C42H28N2O.2C42H26N2O/c1-3-10-28(11-4-1)37-26-38(44-42(43-37)29-12-5-2-6-13-29)31-21-19-27-18-20-30(24-32(27)25-31)33-22-23-40-41-35(33)15-9-16-36(41)34-14-7-8-17-39(34)45-40;1-3-10-28(11-4-1)37-26-38(29-12-5-2-6-13-29)44-42(43-37)31-21-19-27-18-20-30(24-32(27)25-31)33-22-23-40-41-35(33)15-9-16-36(41)34-14-7-8-17-39(34)45-40;1-3-10-27(11-4-1)37-26-38(44-42(43-37)28-12-5-2-6-13-28)32-21-19-29-24-31(20-18-30(29)25-32)33-22-23-40-41-35(33)15-9-16-36(41)34-14-7-8-17-39(34)45-40/h1-26,42-43H;2*1-26H. The van der Waals surface area contributed by atoms with Gasteiger partial charge in [0.2, 0.25) is 0 Å². The molecule has 1 atom stereocenters. The molecule has 4 aliphatic rings. The summed E-state index contributed by atoms with van der Waals surface area (Å²) < 4.78 is 19.0. The van der Waals surface area contributed by atoms with Crippen molar-refractivity contribution < 1.29 is 14.2 Å². The number of allylic oxidation sites excluding steroid dienone is 1. The molecule has 0 saturated heterocycles. The summed E-state index contributed by atoms with van der Waals surface area (Å²) in [5.74, 6) is 6.85. The lowest BCUT2D eigenvalue weighted by Crippen LogP contribution is -2.24. The van der Waals surface area contributed by atoms with Crippen molar-refractivity contribution >= 4 is 76.0 Å². The number of benzene rings is 21. The number of ether oxygens (including phenoxy) is 3. The summed E-state index contributed by atoms with van der Waals surface area (Å²) in [6.45, 7) is 0. The maximum absolute atomic E-state index is 6.35. The van der Waals surface area contributed by atoms with Crippen molar-refractivity contribution in [3.63, 3.8) is 0 Å². The largest absolute Gasteiger partial charge is 0.456 e. The number of para-hydroxylation sites is 3. The van der Waals surface area contributed by atoms with Crippen LogP contribution in [0.3, 0.4) is 0 Å². The molecule has 0 aliphatic carbocycles. The van der Waals surface area contributed by atoms with E-state index in [0.29, 0.717) is 5.82 Å². The molecule has 0 amide bonds. The van der Waals surface area contributed by atoms with E-state index in [4.69, 9.17) is 39.1 Å². The van der Waals surface area contributed by atoms with E-state index in [2.05, 4.69) is 357 Å². The number of fused-ring (bicyclic) bond motifs is 9. The van der Waals surface area contributed by atoms with E-state index in [1.165, 1.54) is 82.2 Å². The van der Waals surface area contributed by atoms with Crippen molar-refractivity contribution in [3.8, 4) is 169 Å². The molecule has 1 N–H and O–H groups in total. The zero-order chi connectivity index (χ0) is 89.2. The molecule has 0 saturated carbocycles. The highest BCUT2D eigenvalue weighted by Crippen LogP contribution is 2.53. The Balaban J connectivity index is 0.000000108. The van der Waals surface area contributed by atoms with Crippen molar-refractivity contribution in [1.82, 2.24) is 25.3 Å². The highest BCUT2D eigenvalue weighted by molar-refractivity contribution is 6.17. The molecule has 9 heteroatoms. The number of nitrogens with zero attached hydrogens (tertiary/aromatic N) is 5. The number of aliphatic imine (C=N–C) groups is 1. The summed E-state index contributed by atoms with van der Waals surface area (Å²) in [6, 6.07) is 163. The first-order valence-corrected chi connectivity index (χ1v) is 45.6. The summed E-state index contributed by atoms with van der Waals surface area (Å²) in [6.07, 6.45) is 2.00. The van der Waals surface area contributed by atoms with Crippen LogP contribution in [0.25, 0.3) is 205 Å². The monoisotopic (exact) mass is 1720 g/mol. The van der Waals surface area contributed by atoms with E-state index in [0.717, 1.165) is 174 Å². The summed E-state index contributed by atoms with van der Waals surface area (Å²) in [5, 5.41) is 17.7. The topological polar surface area (TPSA) is 104 Å². The van der Waals surface area contributed by atoms with Crippen LogP contribution >= 0.6 is 0 Å². The Labute approximate surface area is 780 Å². The van der Waals surface area contributed by atoms with Gasteiger partial charge in [0.1, 0.15) is 40.7 Å². The fourth-order valence-electron chi connectivity index (χ4n) is 19.6. The van der Waals surface area contributed by atoms with Gasteiger partial charge >= 0.3 is 0 Å². The summed E-state index contributed by atoms with van der Waals surface area (Å²) >= 11 is 0. The fourth-order valence-corrected chi connectivity index (χ4v) is 19.6. The number of nitrogens with one attached hydrogen (secondary N) is 1. The molecule has 0 bridgehead atoms. The minimum absolute atomic E-state index is 0.173. The first-order valence-electron chi connectivity index (χ1n) is 45.6. The lowest BCUT2D eigenvalue weighted by atomic mass is 9.90. The maximum Gasteiger partial charge on any atom is 0.160 e. The highest BCUT2D eigenvalue weighted by atomic mass is 16.5. The third-order valence-corrected chi connectivity index (χ3v) is 26.2. The van der Waals surface area contributed by atoms with Crippen LogP contribution < -0.4 is 19.5 Å². The van der Waals surface area contributed by atoms with Crippen molar-refractivity contribution in [2.75, 3.05) is 0 Å². The minimum atomic E-state index is -0.173. The molecule has 2 aromatic heterocycles. The zero-order valence-electron chi connectivity index (χ0n) is 73.1. The van der Waals surface area contributed by atoms with E-state index >= 15 is 0 Å². The summed E-state index contributed by atoms with van der Waals surface area (Å²) in [4.78, 5) is 25.3. The predicted molar refractivity (Wildman–Crippen MR) is 554 cm³/mol. The van der Waals surface area contributed by atoms with Gasteiger partial charge < -0.3 is 19.5 Å². The van der Waals surface area contributed by atoms with E-state index in [1.807, 2.05) is 121 Å². The molecule has 9 nitrogen and oxygen atoms in total. The second-order valence-corrected chi connectivity index (χ2v) is 34.4. The second-order valence-electron chi connectivity index (χ2n) is 34.4. The Morgan fingerprint density at radius 1 is 0.193 bits per heavy atom. The van der Waals surface area contributed by atoms with Gasteiger partial charge in [-0.3, -0.25) is 4.99 Å². The van der Waals surface area contributed by atoms with Crippen molar-refractivity contribution in [2.45, 2.75) is 6.17 Å². The Bertz CT molecular complexity index is 8610. The van der Waals surface area contributed by atoms with Gasteiger partial charge in [-0.25, -0.2) is 19.9 Å². The zero-order valence-corrected chi connectivity index (χ0v) is 73.1. The lowest BCUT2D eigenvalue weighted by Gasteiger charge is -2.25. The molecule has 0 fully saturated rings. The average molecular weight is 1730 g/mol. The predicted octanol–water partition coefficient (Wildman–Crippen LogP) is 33.0. The van der Waals surface area contributed by atoms with E-state index in [1.54, 1.807) is 0 Å². The SMILES string of the molecule is C1=C(c2ccccc2)NC(c2ccccc2)N=C1c1ccc2ccc(-c3ccc4c5c(cccc35)-c3ccccc3O4)cc2c1.c1ccc(-c2cc(-c3ccc4cc(-c5ccc6c7c(cccc57)-c5ccccc5O6)ccc4c3)nc(-c3ccccc3)n2)cc1.c1ccc(-c2cc(-c3ccccc3)nc(-c3ccc4ccc(-c5ccc6c7c(cccc57)-c5ccccc5O6)cc4c3)n2)cc1. The normalized spacial score (nSPS) is 12.8. The molecular formula is C126H80N6O3. The molecule has 27 rings (SSSR count). The third-order valence-electron chi connectivity index (χ3n) is 26.2. The van der Waals surface area contributed by atoms with Crippen molar-refractivity contribution in [3.05, 3.63) is 490 Å². The number of hydrogen-bond donors (Lipinski definition) is 1. The van der Waals surface area contributed by atoms with Crippen LogP contribution in [0.5, 0.6) is 34.5 Å². The van der Waals surface area contributed by atoms with Crippen LogP contribution in [-0.2, 0) is 0 Å². The summed E-state index contributed by atoms with van der Waals surface area (Å²) in [5.41, 5.74) is 29.4. The quantitative estimate of drug-likeness (QED) is 0.129. The number of aromatic nitrogens is 4. The van der Waals surface area contributed by atoms with Crippen molar-refractivity contribution in [1.29, 1.82) is 0 Å². The lowest BCUT2D eigenvalue weighted by molar-refractivity contribution is 0.487. The maximum atomic E-state index is 6.35. The van der Waals surface area contributed by atoms with Crippen molar-refractivity contribution in [2.24, 2.45) is 4.99 Å². The van der Waals surface area contributed by atoms with Gasteiger partial charge in [0.25, 0.3) is 0 Å². The molecule has 6 heterocycles. The number of hydrogen-bond acceptors (Lipinski definition) is 9. The van der Waals surface area contributed by atoms with Crippen LogP contribution in [0.2, 0.25) is 0 Å². The molecule has 23 aromatic rings. The van der Waals surface area contributed by atoms with Gasteiger partial charge in [-0.15, -0.1) is 0 Å². The van der Waals surface area contributed by atoms with Gasteiger partial charge in [0.05, 0.1) is 28.5 Å². The molecule has 21 aromatic carbocycles. The Morgan fingerprint density at radius 2 is 0.504 bits per heavy atom. The minimum Gasteiger partial charge on any atom is -0.456 e. The average Bonchev–Trinajstić information content (AvgIpc) is 0.743. The first-order chi connectivity index (χ1) is 66.8. The fraction of sp³-hybridized carbons (Fsp3) is 0.00794. The second kappa shape index (κ2) is 33.8. The molecule has 0 spiro atoms. The molecule has 632 valence electrons. The van der Waals surface area contributed by atoms with Crippen LogP contribution in [0.15, 0.2) is 478 Å². The van der Waals surface area contributed by atoms with Gasteiger partial charge in [0.15, 0.2) is 11.6 Å². The van der Waals surface area contributed by atoms with Gasteiger partial charge in [0, 0.05) is 77.5 Å². The number of rotatable bonds is 12. The Morgan fingerprint density at radius 3 is 0.933 bits per heavy atom. The van der Waals surface area contributed by atoms with Gasteiger partial charge in [-0.2, -0.15) is 0 Å². The van der Waals surface area contributed by atoms with Gasteiger partial charge in [-0.05, 0) is 201 Å². The van der Waals surface area contributed by atoms with E-state index < -0.39 is 0 Å². The summed E-state index contributed by atoms with van der Waals surface area (Å²) in [7, 11) is 0. The molecule has 4 aliphatic heterocycles. The molecule has 135 heavy (non-hydrogen) atoms. The molecular weight excluding hydrogens is 1650 g/mol. The molecule has 0 radical (unpaired) electrons. The Kier molecular flexibility index (Phi) is 19.8. The smallest absolute Gasteiger partial charge is 0.160 e. The molecule has 1 unspecified atom stereocenters. The van der Waals surface area contributed by atoms with E-state index in [-0.39, 0.29) is 6.17 Å². The highest BCUT2D eigenvalue weighted by Gasteiger charge is 2.28. The Hall–Kier alpha value is -18.1. The van der Waals surface area contributed by atoms with Crippen LogP contribution in [-0.4, -0.2) is 25.6 Å². The third kappa shape index (κ3) is 14.9. The van der Waals surface area contributed by atoms with Crippen LogP contribution in [0, 0.1) is 0 Å². The van der Waals surface area contributed by atoms with E-state index in [9.17, 15) is 0 Å².